The molecule has 2 aromatic rings. The molecule has 2 heterocycles. The van der Waals surface area contributed by atoms with Crippen molar-refractivity contribution in [2.24, 2.45) is 0 Å². The minimum Gasteiger partial charge on any atom is -0.497 e. The number of nitrogens with one attached hydrogen (secondary N) is 1. The predicted molar refractivity (Wildman–Crippen MR) is 153 cm³/mol. The number of carbonyl (C=O) groups excluding carboxylic acids is 1. The van der Waals surface area contributed by atoms with E-state index in [1.165, 1.54) is 31.7 Å². The van der Waals surface area contributed by atoms with Gasteiger partial charge in [0.05, 0.1) is 16.7 Å². The molecule has 1 N–H and O–H groups in total. The van der Waals surface area contributed by atoms with Gasteiger partial charge in [0.15, 0.2) is 0 Å². The highest BCUT2D eigenvalue weighted by molar-refractivity contribution is 5.95. The molecular weight excluding hydrogens is 444 g/mol. The first-order valence-electron chi connectivity index (χ1n) is 16.5. The number of rotatable bonds is 17. The lowest BCUT2D eigenvalue weighted by Gasteiger charge is -2.09. The molecule has 1 aromatic heterocycles. The maximum Gasteiger partial charge on any atom is 0.231 e. The second-order valence-electron chi connectivity index (χ2n) is 9.86. The Balaban J connectivity index is 1.51. The van der Waals surface area contributed by atoms with E-state index in [9.17, 15) is 4.79 Å². The molecule has 0 bridgehead atoms. The second-order valence-corrected chi connectivity index (χ2v) is 9.86. The average molecular weight is 498 g/mol. The third-order valence-electron chi connectivity index (χ3n) is 6.89. The number of unbranched alkanes of at least 4 members (excludes halogenated alkanes) is 8. The van der Waals surface area contributed by atoms with Crippen molar-refractivity contribution in [1.82, 2.24) is 9.88 Å². The lowest BCUT2D eigenvalue weighted by molar-refractivity contribution is 0.0904. The zero-order valence-corrected chi connectivity index (χ0v) is 22.1. The van der Waals surface area contributed by atoms with Crippen LogP contribution in [0, 0.1) is 0 Å². The standard InChI is InChI=1S/C32H48N2O2/c1-3-4-5-6-7-8-9-10-11-12-13-14-15-16-17-20-32(35)34-26-27(24-28-19-18-23-33-28)30-25-29(36-2)21-22-31(30)34/h7-8,10-11,21-22,25-26,28,33H,3-6,9,12-20,23-24H2,1-2H3/b8-7-,11-10-/t28-/m1/s1/i2D3,24D2. The number of hydrogen-bond acceptors (Lipinski definition) is 3. The monoisotopic (exact) mass is 497 g/mol. The zero-order valence-electron chi connectivity index (χ0n) is 27.1. The predicted octanol–water partition coefficient (Wildman–Crippen LogP) is 8.40. The summed E-state index contributed by atoms with van der Waals surface area (Å²) in [5, 5.41) is 3.75. The summed E-state index contributed by atoms with van der Waals surface area (Å²) in [6.45, 7) is 2.98. The van der Waals surface area contributed by atoms with E-state index in [1.807, 2.05) is 0 Å². The number of carbonyl (C=O) groups is 1. The van der Waals surface area contributed by atoms with Crippen LogP contribution in [0.15, 0.2) is 48.7 Å². The van der Waals surface area contributed by atoms with Crippen LogP contribution in [-0.2, 0) is 6.37 Å². The summed E-state index contributed by atoms with van der Waals surface area (Å²) < 4.78 is 46.7. The third-order valence-corrected chi connectivity index (χ3v) is 6.89. The van der Waals surface area contributed by atoms with Crippen molar-refractivity contribution < 1.29 is 16.4 Å². The molecule has 0 radical (unpaired) electrons. The maximum atomic E-state index is 13.3. The highest BCUT2D eigenvalue weighted by atomic mass is 16.5. The van der Waals surface area contributed by atoms with Gasteiger partial charge in [-0.15, -0.1) is 0 Å². The number of aromatic nitrogens is 1. The van der Waals surface area contributed by atoms with E-state index >= 15 is 0 Å². The summed E-state index contributed by atoms with van der Waals surface area (Å²) in [4.78, 5) is 13.3. The molecule has 0 saturated carbocycles. The number of ether oxygens (including phenoxy) is 1. The van der Waals surface area contributed by atoms with Crippen LogP contribution in [0.2, 0.25) is 0 Å². The lowest BCUT2D eigenvalue weighted by Crippen LogP contribution is -2.23. The molecule has 0 spiro atoms. The van der Waals surface area contributed by atoms with E-state index in [4.69, 9.17) is 11.6 Å². The smallest absolute Gasteiger partial charge is 0.231 e. The van der Waals surface area contributed by atoms with Gasteiger partial charge in [-0.25, -0.2) is 0 Å². The molecule has 3 rings (SSSR count). The van der Waals surface area contributed by atoms with Crippen molar-refractivity contribution in [3.8, 4) is 5.75 Å². The van der Waals surface area contributed by atoms with E-state index in [0.717, 1.165) is 57.9 Å². The Morgan fingerprint density at radius 1 is 1.11 bits per heavy atom. The molecule has 1 aliphatic heterocycles. The van der Waals surface area contributed by atoms with Gasteiger partial charge in [-0.3, -0.25) is 9.36 Å². The molecular formula is C32H48N2O2. The molecule has 0 unspecified atom stereocenters. The van der Waals surface area contributed by atoms with Gasteiger partial charge >= 0.3 is 0 Å². The third kappa shape index (κ3) is 9.28. The van der Waals surface area contributed by atoms with E-state index in [2.05, 4.69) is 36.5 Å². The van der Waals surface area contributed by atoms with E-state index in [-0.39, 0.29) is 17.7 Å². The van der Waals surface area contributed by atoms with Gasteiger partial charge < -0.3 is 10.1 Å². The molecule has 4 heteroatoms. The highest BCUT2D eigenvalue weighted by Crippen LogP contribution is 2.28. The normalized spacial score (nSPS) is 18.9. The molecule has 1 atom stereocenters. The molecule has 1 aromatic carbocycles. The summed E-state index contributed by atoms with van der Waals surface area (Å²) in [7, 11) is -2.61. The van der Waals surface area contributed by atoms with Crippen molar-refractivity contribution in [2.45, 2.75) is 109 Å². The van der Waals surface area contributed by atoms with Gasteiger partial charge in [-0.05, 0) is 88.0 Å². The van der Waals surface area contributed by atoms with Crippen LogP contribution < -0.4 is 10.1 Å². The summed E-state index contributed by atoms with van der Waals surface area (Å²) in [5.74, 6) is 0.0550. The Hall–Kier alpha value is -2.33. The van der Waals surface area contributed by atoms with Gasteiger partial charge in [-0.1, -0.05) is 63.3 Å². The van der Waals surface area contributed by atoms with Crippen molar-refractivity contribution in [1.29, 1.82) is 0 Å². The molecule has 4 nitrogen and oxygen atoms in total. The van der Waals surface area contributed by atoms with Crippen molar-refractivity contribution in [3.63, 3.8) is 0 Å². The number of methoxy groups -OCH3 is 1. The van der Waals surface area contributed by atoms with Crippen LogP contribution in [0.5, 0.6) is 5.75 Å². The number of allylic oxidation sites excluding steroid dienone is 4. The summed E-state index contributed by atoms with van der Waals surface area (Å²) in [6.07, 6.45) is 23.2. The summed E-state index contributed by atoms with van der Waals surface area (Å²) in [5.41, 5.74) is 0.962. The fourth-order valence-corrected chi connectivity index (χ4v) is 4.80. The van der Waals surface area contributed by atoms with Crippen molar-refractivity contribution in [2.75, 3.05) is 13.6 Å². The Labute approximate surface area is 226 Å². The molecule has 36 heavy (non-hydrogen) atoms. The molecule has 1 fully saturated rings. The summed E-state index contributed by atoms with van der Waals surface area (Å²) >= 11 is 0. The van der Waals surface area contributed by atoms with Gasteiger partial charge in [0, 0.05) is 26.8 Å². The molecule has 1 saturated heterocycles. The fraction of sp³-hybridized carbons (Fsp3) is 0.594. The number of benzene rings is 1. The van der Waals surface area contributed by atoms with Crippen molar-refractivity contribution in [3.05, 3.63) is 54.3 Å². The van der Waals surface area contributed by atoms with E-state index < -0.39 is 13.4 Å². The van der Waals surface area contributed by atoms with E-state index in [0.29, 0.717) is 29.3 Å². The Morgan fingerprint density at radius 3 is 2.64 bits per heavy atom. The maximum absolute atomic E-state index is 13.3. The quantitative estimate of drug-likeness (QED) is 0.176. The van der Waals surface area contributed by atoms with Crippen molar-refractivity contribution >= 4 is 16.8 Å². The SMILES string of the molecule is [2H]C([2H])([2H])Oc1ccc2c(c1)c(C([2H])([2H])[C@H]1CCCN1)cn2C(=O)CCCCCCC/C=C\C/C=C\CCCCC. The zero-order chi connectivity index (χ0) is 29.7. The van der Waals surface area contributed by atoms with Crippen LogP contribution in [0.4, 0.5) is 0 Å². The topological polar surface area (TPSA) is 43.3 Å². The molecule has 198 valence electrons. The van der Waals surface area contributed by atoms with Crippen LogP contribution in [0.3, 0.4) is 0 Å². The van der Waals surface area contributed by atoms with Gasteiger partial charge in [0.25, 0.3) is 0 Å². The first-order chi connectivity index (χ1) is 19.6. The minimum absolute atomic E-state index is 0.0772. The second kappa shape index (κ2) is 16.4. The van der Waals surface area contributed by atoms with Crippen LogP contribution in [-0.4, -0.2) is 30.1 Å². The Bertz CT molecular complexity index is 1150. The molecule has 1 aliphatic rings. The fourth-order valence-electron chi connectivity index (χ4n) is 4.80. The Morgan fingerprint density at radius 2 is 1.89 bits per heavy atom. The minimum atomic E-state index is -2.61. The Kier molecular flexibility index (Phi) is 9.91. The average Bonchev–Trinajstić information content (AvgIpc) is 3.59. The van der Waals surface area contributed by atoms with Gasteiger partial charge in [0.2, 0.25) is 5.91 Å². The number of fused-ring (bicyclic) bond motifs is 1. The first-order valence-corrected chi connectivity index (χ1v) is 14.0. The van der Waals surface area contributed by atoms with Crippen LogP contribution in [0.25, 0.3) is 10.9 Å². The van der Waals surface area contributed by atoms with Crippen LogP contribution >= 0.6 is 0 Å². The largest absolute Gasteiger partial charge is 0.497 e. The number of nitrogens with zero attached hydrogens (tertiary/aromatic N) is 1. The van der Waals surface area contributed by atoms with Gasteiger partial charge in [-0.2, -0.15) is 0 Å². The van der Waals surface area contributed by atoms with E-state index in [1.54, 1.807) is 22.9 Å². The van der Waals surface area contributed by atoms with Gasteiger partial charge in [0.1, 0.15) is 5.75 Å². The molecule has 0 aliphatic carbocycles. The highest BCUT2D eigenvalue weighted by Gasteiger charge is 2.19. The van der Waals surface area contributed by atoms with Crippen LogP contribution in [0.1, 0.15) is 114 Å². The first kappa shape index (κ1) is 21.7. The summed E-state index contributed by atoms with van der Waals surface area (Å²) in [6, 6.07) is 4.37. The molecule has 0 amide bonds. The number of hydrogen-bond donors (Lipinski definition) is 1. The lowest BCUT2D eigenvalue weighted by atomic mass is 10.0.